The number of aryl methyl sites for hydroxylation is 1. The second-order valence-electron chi connectivity index (χ2n) is 6.18. The normalized spacial score (nSPS) is 12.0. The monoisotopic (exact) mass is 429 g/mol. The molecule has 0 saturated heterocycles. The highest BCUT2D eigenvalue weighted by molar-refractivity contribution is 6.05. The molecule has 1 N–H and O–H groups in total. The highest BCUT2D eigenvalue weighted by Gasteiger charge is 2.40. The van der Waals surface area contributed by atoms with Gasteiger partial charge in [0.25, 0.3) is 5.91 Å². The van der Waals surface area contributed by atoms with Crippen LogP contribution in [0.2, 0.25) is 0 Å². The van der Waals surface area contributed by atoms with Crippen LogP contribution in [0, 0.1) is 6.92 Å². The Morgan fingerprint density at radius 2 is 1.70 bits per heavy atom. The van der Waals surface area contributed by atoms with Crippen molar-refractivity contribution in [1.29, 1.82) is 0 Å². The topological polar surface area (TPSA) is 56.2 Å². The smallest absolute Gasteiger partial charge is 0.406 e. The molecule has 3 rings (SSSR count). The maximum absolute atomic E-state index is 13.7. The quantitative estimate of drug-likeness (QED) is 0.569. The van der Waals surface area contributed by atoms with E-state index in [1.807, 2.05) is 0 Å². The molecule has 0 atom stereocenters. The summed E-state index contributed by atoms with van der Waals surface area (Å²) in [6.45, 7) is 1.76. The van der Waals surface area contributed by atoms with Crippen molar-refractivity contribution < 1.29 is 35.9 Å². The Morgan fingerprint density at radius 1 is 1.03 bits per heavy atom. The van der Waals surface area contributed by atoms with Crippen molar-refractivity contribution in [2.75, 3.05) is 5.32 Å². The number of halogens is 6. The van der Waals surface area contributed by atoms with Gasteiger partial charge in [-0.05, 0) is 31.2 Å². The van der Waals surface area contributed by atoms with Crippen molar-refractivity contribution >= 4 is 11.6 Å². The van der Waals surface area contributed by atoms with Crippen LogP contribution in [0.1, 0.15) is 21.6 Å². The molecule has 0 spiro atoms. The zero-order valence-electron chi connectivity index (χ0n) is 15.2. The number of anilines is 1. The van der Waals surface area contributed by atoms with E-state index in [0.717, 1.165) is 30.0 Å². The van der Waals surface area contributed by atoms with Crippen molar-refractivity contribution in [3.05, 3.63) is 71.5 Å². The Balaban J connectivity index is 1.93. The second-order valence-corrected chi connectivity index (χ2v) is 6.18. The molecule has 0 radical (unpaired) electrons. The van der Waals surface area contributed by atoms with Crippen LogP contribution < -0.4 is 10.1 Å². The lowest BCUT2D eigenvalue weighted by Gasteiger charge is -2.13. The first-order valence-corrected chi connectivity index (χ1v) is 8.33. The average molecular weight is 429 g/mol. The number of ether oxygens (including phenoxy) is 1. The summed E-state index contributed by atoms with van der Waals surface area (Å²) in [5, 5.41) is 5.80. The third-order valence-electron chi connectivity index (χ3n) is 3.89. The summed E-state index contributed by atoms with van der Waals surface area (Å²) in [6.07, 6.45) is -9.13. The molecule has 30 heavy (non-hydrogen) atoms. The van der Waals surface area contributed by atoms with Gasteiger partial charge in [-0.1, -0.05) is 23.8 Å². The summed E-state index contributed by atoms with van der Waals surface area (Å²) in [7, 11) is 0. The first-order valence-electron chi connectivity index (χ1n) is 8.33. The van der Waals surface area contributed by atoms with E-state index in [0.29, 0.717) is 4.68 Å². The lowest BCUT2D eigenvalue weighted by molar-refractivity contribution is -0.274. The van der Waals surface area contributed by atoms with Crippen LogP contribution in [0.4, 0.5) is 32.0 Å². The Kier molecular flexibility index (Phi) is 5.47. The number of benzene rings is 2. The number of amides is 1. The van der Waals surface area contributed by atoms with Gasteiger partial charge in [0.05, 0.1) is 17.4 Å². The molecule has 5 nitrogen and oxygen atoms in total. The van der Waals surface area contributed by atoms with Crippen LogP contribution in [-0.2, 0) is 6.18 Å². The number of aromatic nitrogens is 2. The predicted molar refractivity (Wildman–Crippen MR) is 94.4 cm³/mol. The van der Waals surface area contributed by atoms with E-state index in [1.54, 1.807) is 19.1 Å². The fourth-order valence-corrected chi connectivity index (χ4v) is 2.64. The van der Waals surface area contributed by atoms with Crippen molar-refractivity contribution in [3.8, 4) is 11.4 Å². The molecule has 0 fully saturated rings. The number of carbonyl (C=O) groups excluding carboxylic acids is 1. The minimum absolute atomic E-state index is 0.0903. The summed E-state index contributed by atoms with van der Waals surface area (Å²) in [5.74, 6) is -1.82. The Morgan fingerprint density at radius 3 is 2.30 bits per heavy atom. The number of hydrogen-bond acceptors (Lipinski definition) is 3. The van der Waals surface area contributed by atoms with Gasteiger partial charge < -0.3 is 10.1 Å². The molecule has 0 aliphatic rings. The number of hydrogen-bond donors (Lipinski definition) is 1. The Hall–Kier alpha value is -3.50. The van der Waals surface area contributed by atoms with E-state index in [2.05, 4.69) is 15.2 Å². The van der Waals surface area contributed by atoms with Crippen LogP contribution >= 0.6 is 0 Å². The van der Waals surface area contributed by atoms with Gasteiger partial charge in [0, 0.05) is 11.8 Å². The Bertz CT molecular complexity index is 1060. The summed E-state index contributed by atoms with van der Waals surface area (Å²) >= 11 is 0. The van der Waals surface area contributed by atoms with Crippen LogP contribution in [0.3, 0.4) is 0 Å². The molecule has 1 amide bonds. The highest BCUT2D eigenvalue weighted by Crippen LogP contribution is 2.34. The number of alkyl halides is 6. The Labute approximate surface area is 165 Å². The van der Waals surface area contributed by atoms with Crippen molar-refractivity contribution in [2.24, 2.45) is 0 Å². The SMILES string of the molecule is Cc1ccc(-n2ncc(C(=O)Nc3cccc(OC(F)(F)F)c3)c2C(F)(F)F)cc1. The van der Waals surface area contributed by atoms with E-state index < -0.39 is 35.5 Å². The summed E-state index contributed by atoms with van der Waals surface area (Å²) < 4.78 is 82.3. The molecular formula is C19H13F6N3O2. The lowest BCUT2D eigenvalue weighted by atomic mass is 10.2. The van der Waals surface area contributed by atoms with Gasteiger partial charge in [-0.15, -0.1) is 13.2 Å². The zero-order valence-corrected chi connectivity index (χ0v) is 15.2. The first kappa shape index (κ1) is 21.2. The minimum Gasteiger partial charge on any atom is -0.406 e. The van der Waals surface area contributed by atoms with Gasteiger partial charge in [0.1, 0.15) is 5.75 Å². The van der Waals surface area contributed by atoms with Gasteiger partial charge >= 0.3 is 12.5 Å². The highest BCUT2D eigenvalue weighted by atomic mass is 19.4. The minimum atomic E-state index is -4.96. The molecule has 11 heteroatoms. The van der Waals surface area contributed by atoms with Gasteiger partial charge in [-0.25, -0.2) is 4.68 Å². The van der Waals surface area contributed by atoms with Gasteiger partial charge in [-0.2, -0.15) is 18.3 Å². The van der Waals surface area contributed by atoms with Crippen LogP contribution in [-0.4, -0.2) is 22.1 Å². The number of nitrogens with one attached hydrogen (secondary N) is 1. The standard InChI is InChI=1S/C19H13F6N3O2/c1-11-5-7-13(8-6-11)28-16(18(20,21)22)15(10-26-28)17(29)27-12-3-2-4-14(9-12)30-19(23,24)25/h2-10H,1H3,(H,27,29). The van der Waals surface area contributed by atoms with Crippen molar-refractivity contribution in [2.45, 2.75) is 19.5 Å². The van der Waals surface area contributed by atoms with E-state index in [-0.39, 0.29) is 11.4 Å². The molecule has 0 saturated carbocycles. The van der Waals surface area contributed by atoms with E-state index in [1.165, 1.54) is 18.2 Å². The maximum atomic E-state index is 13.7. The fraction of sp³-hybridized carbons (Fsp3) is 0.158. The molecule has 0 aliphatic carbocycles. The largest absolute Gasteiger partial charge is 0.573 e. The molecule has 3 aromatic rings. The fourth-order valence-electron chi connectivity index (χ4n) is 2.64. The molecular weight excluding hydrogens is 416 g/mol. The van der Waals surface area contributed by atoms with Crippen LogP contribution in [0.25, 0.3) is 5.69 Å². The molecule has 2 aromatic carbocycles. The second kappa shape index (κ2) is 7.73. The van der Waals surface area contributed by atoms with E-state index in [4.69, 9.17) is 0 Å². The first-order chi connectivity index (χ1) is 13.9. The molecule has 0 unspecified atom stereocenters. The maximum Gasteiger partial charge on any atom is 0.573 e. The average Bonchev–Trinajstić information content (AvgIpc) is 3.07. The molecule has 0 bridgehead atoms. The predicted octanol–water partition coefficient (Wildman–Crippen LogP) is 5.35. The summed E-state index contributed by atoms with van der Waals surface area (Å²) in [4.78, 5) is 12.4. The van der Waals surface area contributed by atoms with Crippen LogP contribution in [0.15, 0.2) is 54.7 Å². The summed E-state index contributed by atoms with van der Waals surface area (Å²) in [6, 6.07) is 10.2. The molecule has 0 aliphatic heterocycles. The van der Waals surface area contributed by atoms with E-state index in [9.17, 15) is 31.1 Å². The third-order valence-corrected chi connectivity index (χ3v) is 3.89. The third kappa shape index (κ3) is 4.91. The van der Waals surface area contributed by atoms with Crippen molar-refractivity contribution in [1.82, 2.24) is 9.78 Å². The number of nitrogens with zero attached hydrogens (tertiary/aromatic N) is 2. The molecule has 1 heterocycles. The molecule has 1 aromatic heterocycles. The van der Waals surface area contributed by atoms with Crippen molar-refractivity contribution in [3.63, 3.8) is 0 Å². The van der Waals surface area contributed by atoms with Crippen LogP contribution in [0.5, 0.6) is 5.75 Å². The van der Waals surface area contributed by atoms with Gasteiger partial charge in [0.15, 0.2) is 5.69 Å². The summed E-state index contributed by atoms with van der Waals surface area (Å²) in [5.41, 5.74) is -1.37. The zero-order chi connectivity index (χ0) is 22.1. The molecule has 158 valence electrons. The number of rotatable bonds is 4. The van der Waals surface area contributed by atoms with Gasteiger partial charge in [0.2, 0.25) is 0 Å². The lowest BCUT2D eigenvalue weighted by Crippen LogP contribution is -2.21. The van der Waals surface area contributed by atoms with E-state index >= 15 is 0 Å². The number of carbonyl (C=O) groups is 1. The van der Waals surface area contributed by atoms with Gasteiger partial charge in [-0.3, -0.25) is 4.79 Å².